The Kier molecular flexibility index (Phi) is 4.25. The second kappa shape index (κ2) is 5.91. The third kappa shape index (κ3) is 3.16. The lowest BCUT2D eigenvalue weighted by atomic mass is 10.3. The van der Waals surface area contributed by atoms with Crippen molar-refractivity contribution in [3.05, 3.63) is 12.2 Å². The van der Waals surface area contributed by atoms with Gasteiger partial charge in [0.1, 0.15) is 18.2 Å². The largest absolute Gasteiger partial charge is 0.480 e. The quantitative estimate of drug-likeness (QED) is 0.712. The predicted molar refractivity (Wildman–Crippen MR) is 68.7 cm³/mol. The monoisotopic (exact) mass is 285 g/mol. The maximum atomic E-state index is 12.0. The van der Waals surface area contributed by atoms with Gasteiger partial charge >= 0.3 is 12.0 Å². The Balaban J connectivity index is 1.86. The van der Waals surface area contributed by atoms with Crippen LogP contribution in [-0.4, -0.2) is 60.9 Å². The molecule has 0 saturated carbocycles. The number of nitrogens with zero attached hydrogens (tertiary/aromatic N) is 3. The van der Waals surface area contributed by atoms with Crippen molar-refractivity contribution in [2.45, 2.75) is 24.8 Å². The summed E-state index contributed by atoms with van der Waals surface area (Å²) in [6.45, 7) is 2.21. The van der Waals surface area contributed by atoms with Crippen LogP contribution in [0.25, 0.3) is 0 Å². The van der Waals surface area contributed by atoms with E-state index in [2.05, 4.69) is 20.5 Å². The molecule has 1 fully saturated rings. The number of carboxylic acids is 1. The zero-order valence-corrected chi connectivity index (χ0v) is 11.2. The second-order valence-electron chi connectivity index (χ2n) is 4.11. The zero-order valence-electron chi connectivity index (χ0n) is 10.4. The summed E-state index contributed by atoms with van der Waals surface area (Å²) in [5, 5.41) is 18.0. The Morgan fingerprint density at radius 1 is 1.68 bits per heavy atom. The van der Waals surface area contributed by atoms with Crippen molar-refractivity contribution >= 4 is 23.8 Å². The van der Waals surface area contributed by atoms with Crippen LogP contribution in [-0.2, 0) is 11.2 Å². The van der Waals surface area contributed by atoms with Crippen molar-refractivity contribution in [2.24, 2.45) is 0 Å². The molecule has 2 amide bonds. The van der Waals surface area contributed by atoms with E-state index < -0.39 is 12.0 Å². The van der Waals surface area contributed by atoms with E-state index in [1.165, 1.54) is 23.0 Å². The van der Waals surface area contributed by atoms with Crippen LogP contribution >= 0.6 is 11.8 Å². The number of nitrogens with one attached hydrogen (secondary N) is 2. The Hall–Kier alpha value is -1.77. The van der Waals surface area contributed by atoms with Crippen molar-refractivity contribution in [1.82, 2.24) is 25.4 Å². The van der Waals surface area contributed by atoms with Crippen LogP contribution in [0.1, 0.15) is 12.7 Å². The second-order valence-corrected chi connectivity index (χ2v) is 5.46. The van der Waals surface area contributed by atoms with Gasteiger partial charge in [-0.05, 0) is 6.92 Å². The van der Waals surface area contributed by atoms with Gasteiger partial charge in [-0.1, -0.05) is 0 Å². The van der Waals surface area contributed by atoms with Crippen LogP contribution in [0.2, 0.25) is 0 Å². The number of aromatic nitrogens is 3. The molecular formula is C10H15N5O3S. The van der Waals surface area contributed by atoms with Gasteiger partial charge in [0.05, 0.1) is 5.37 Å². The summed E-state index contributed by atoms with van der Waals surface area (Å²) in [5.74, 6) is 0.132. The fraction of sp³-hybridized carbons (Fsp3) is 0.600. The van der Waals surface area contributed by atoms with Crippen molar-refractivity contribution in [1.29, 1.82) is 0 Å². The number of carbonyl (C=O) groups is 2. The number of hydrogen-bond acceptors (Lipinski definition) is 5. The van der Waals surface area contributed by atoms with Crippen molar-refractivity contribution in [3.8, 4) is 0 Å². The van der Waals surface area contributed by atoms with Gasteiger partial charge in [0, 0.05) is 18.7 Å². The SMILES string of the molecule is CC1SCC(C(=O)O)N1C(=O)NCCc1ncn[nH]1. The zero-order chi connectivity index (χ0) is 13.8. The Morgan fingerprint density at radius 2 is 2.47 bits per heavy atom. The topological polar surface area (TPSA) is 111 Å². The molecule has 0 aliphatic carbocycles. The molecule has 2 unspecified atom stereocenters. The number of thioether (sulfide) groups is 1. The van der Waals surface area contributed by atoms with Crippen LogP contribution < -0.4 is 5.32 Å². The summed E-state index contributed by atoms with van der Waals surface area (Å²) < 4.78 is 0. The highest BCUT2D eigenvalue weighted by molar-refractivity contribution is 8.00. The first-order valence-electron chi connectivity index (χ1n) is 5.84. The summed E-state index contributed by atoms with van der Waals surface area (Å²) >= 11 is 1.46. The summed E-state index contributed by atoms with van der Waals surface area (Å²) in [7, 11) is 0. The number of H-pyrrole nitrogens is 1. The first kappa shape index (κ1) is 13.7. The van der Waals surface area contributed by atoms with Crippen LogP contribution in [0, 0.1) is 0 Å². The molecule has 2 atom stereocenters. The minimum absolute atomic E-state index is 0.133. The molecule has 1 saturated heterocycles. The maximum Gasteiger partial charge on any atom is 0.327 e. The molecule has 2 heterocycles. The highest BCUT2D eigenvalue weighted by atomic mass is 32.2. The molecular weight excluding hydrogens is 270 g/mol. The lowest BCUT2D eigenvalue weighted by molar-refractivity contribution is -0.141. The summed E-state index contributed by atoms with van der Waals surface area (Å²) in [5.41, 5.74) is 0. The molecule has 104 valence electrons. The molecule has 0 aromatic carbocycles. The van der Waals surface area contributed by atoms with Crippen LogP contribution in [0.15, 0.2) is 6.33 Å². The number of urea groups is 1. The summed E-state index contributed by atoms with van der Waals surface area (Å²) in [6, 6.07) is -1.12. The normalized spacial score (nSPS) is 22.5. The molecule has 1 aromatic heterocycles. The van der Waals surface area contributed by atoms with E-state index in [4.69, 9.17) is 5.11 Å². The van der Waals surface area contributed by atoms with Gasteiger partial charge in [0.2, 0.25) is 0 Å². The average molecular weight is 285 g/mol. The number of rotatable bonds is 4. The van der Waals surface area contributed by atoms with Crippen molar-refractivity contribution < 1.29 is 14.7 Å². The Morgan fingerprint density at radius 3 is 3.11 bits per heavy atom. The van der Waals surface area contributed by atoms with Crippen LogP contribution in [0.5, 0.6) is 0 Å². The van der Waals surface area contributed by atoms with Crippen molar-refractivity contribution in [2.75, 3.05) is 12.3 Å². The maximum absolute atomic E-state index is 12.0. The molecule has 0 bridgehead atoms. The standard InChI is InChI=1S/C10H15N5O3S/c1-6-15(7(4-19-6)9(16)17)10(18)11-3-2-8-12-5-13-14-8/h5-7H,2-4H2,1H3,(H,11,18)(H,16,17)(H,12,13,14). The highest BCUT2D eigenvalue weighted by Gasteiger charge is 2.39. The fourth-order valence-electron chi connectivity index (χ4n) is 1.87. The lowest BCUT2D eigenvalue weighted by Crippen LogP contribution is -2.49. The number of carbonyl (C=O) groups excluding carboxylic acids is 1. The van der Waals surface area contributed by atoms with Crippen LogP contribution in [0.3, 0.4) is 0 Å². The predicted octanol–water partition coefficient (Wildman–Crippen LogP) is -0.0952. The minimum Gasteiger partial charge on any atom is -0.480 e. The van der Waals surface area contributed by atoms with Gasteiger partial charge in [-0.25, -0.2) is 14.6 Å². The van der Waals surface area contributed by atoms with E-state index in [0.29, 0.717) is 24.5 Å². The van der Waals surface area contributed by atoms with Crippen LogP contribution in [0.4, 0.5) is 4.79 Å². The smallest absolute Gasteiger partial charge is 0.327 e. The molecule has 1 aromatic rings. The molecule has 1 aliphatic rings. The van der Waals surface area contributed by atoms with Gasteiger partial charge in [-0.2, -0.15) is 5.10 Å². The molecule has 19 heavy (non-hydrogen) atoms. The Bertz CT molecular complexity index is 452. The molecule has 9 heteroatoms. The van der Waals surface area contributed by atoms with Gasteiger partial charge < -0.3 is 10.4 Å². The molecule has 3 N–H and O–H groups in total. The number of amides is 2. The number of aliphatic carboxylic acids is 1. The summed E-state index contributed by atoms with van der Waals surface area (Å²) in [4.78, 5) is 28.4. The average Bonchev–Trinajstić information content (AvgIpc) is 2.98. The molecule has 0 spiro atoms. The van der Waals surface area contributed by atoms with Gasteiger partial charge in [-0.3, -0.25) is 10.00 Å². The molecule has 1 aliphatic heterocycles. The number of hydrogen-bond donors (Lipinski definition) is 3. The van der Waals surface area contributed by atoms with E-state index in [9.17, 15) is 9.59 Å². The first-order valence-corrected chi connectivity index (χ1v) is 6.89. The minimum atomic E-state index is -0.970. The third-order valence-corrected chi connectivity index (χ3v) is 4.06. The summed E-state index contributed by atoms with van der Waals surface area (Å²) in [6.07, 6.45) is 1.93. The van der Waals surface area contributed by atoms with E-state index in [-0.39, 0.29) is 11.4 Å². The fourth-order valence-corrected chi connectivity index (χ4v) is 3.04. The van der Waals surface area contributed by atoms with Gasteiger partial charge in [0.15, 0.2) is 0 Å². The van der Waals surface area contributed by atoms with E-state index in [1.807, 2.05) is 6.92 Å². The number of carboxylic acid groups (broad SMARTS) is 1. The highest BCUT2D eigenvalue weighted by Crippen LogP contribution is 2.28. The van der Waals surface area contributed by atoms with Gasteiger partial charge in [-0.15, -0.1) is 11.8 Å². The van der Waals surface area contributed by atoms with Gasteiger partial charge in [0.25, 0.3) is 0 Å². The van der Waals surface area contributed by atoms with E-state index in [0.717, 1.165) is 0 Å². The van der Waals surface area contributed by atoms with Crippen molar-refractivity contribution in [3.63, 3.8) is 0 Å². The first-order chi connectivity index (χ1) is 9.09. The molecule has 0 radical (unpaired) electrons. The number of aromatic amines is 1. The van der Waals surface area contributed by atoms with E-state index in [1.54, 1.807) is 0 Å². The van der Waals surface area contributed by atoms with E-state index >= 15 is 0 Å². The molecule has 8 nitrogen and oxygen atoms in total. The lowest BCUT2D eigenvalue weighted by Gasteiger charge is -2.25. The molecule has 2 rings (SSSR count). The third-order valence-electron chi connectivity index (χ3n) is 2.85. The Labute approximate surface area is 114 Å².